The summed E-state index contributed by atoms with van der Waals surface area (Å²) in [6, 6.07) is 25.9. The molecule has 0 aliphatic rings. The fourth-order valence-corrected chi connectivity index (χ4v) is 7.93. The van der Waals surface area contributed by atoms with E-state index in [1.54, 1.807) is 54.7 Å². The number of benzene rings is 4. The van der Waals surface area contributed by atoms with Crippen LogP contribution in [0.25, 0.3) is 22.2 Å². The first-order valence-electron chi connectivity index (χ1n) is 16.3. The first-order valence-corrected chi connectivity index (χ1v) is 17.7. The average Bonchev–Trinajstić information content (AvgIpc) is 3.81. The van der Waals surface area contributed by atoms with Crippen molar-refractivity contribution in [3.8, 4) is 11.3 Å². The SMILES string of the molecule is Cc1cc(C)cc(C(=O)N(C)[C@H](Cc2ccc(-c3ccon3)cc2)C(=O)N([C@@H](Cc2c[nH]c3ccccc23)C(N)=O)S(=O)(=O)c2ccccc2)c1. The zero-order valence-electron chi connectivity index (χ0n) is 28.3. The number of sulfonamides is 1. The van der Waals surface area contributed by atoms with Crippen molar-refractivity contribution in [2.24, 2.45) is 5.73 Å². The maximum absolute atomic E-state index is 15.1. The van der Waals surface area contributed by atoms with E-state index in [9.17, 15) is 18.0 Å². The van der Waals surface area contributed by atoms with Gasteiger partial charge in [-0.15, -0.1) is 0 Å². The summed E-state index contributed by atoms with van der Waals surface area (Å²) in [5, 5.41) is 4.72. The summed E-state index contributed by atoms with van der Waals surface area (Å²) in [4.78, 5) is 46.8. The van der Waals surface area contributed by atoms with Gasteiger partial charge in [0.2, 0.25) is 5.91 Å². The maximum atomic E-state index is 15.1. The number of nitrogens with zero attached hydrogens (tertiary/aromatic N) is 3. The van der Waals surface area contributed by atoms with Crippen LogP contribution in [0.4, 0.5) is 0 Å². The number of amides is 3. The first kappa shape index (κ1) is 34.8. The molecule has 12 heteroatoms. The van der Waals surface area contributed by atoms with E-state index in [2.05, 4.69) is 10.1 Å². The molecule has 3 N–H and O–H groups in total. The standard InChI is InChI=1S/C39H37N5O6S/c1-25-19-26(2)21-29(20-25)38(46)43(3)36(22-27-13-15-28(16-14-27)33-17-18-50-42-33)39(47)44(51(48,49)31-9-5-4-6-10-31)35(37(40)45)23-30-24-41-34-12-8-7-11-32(30)34/h4-21,24,35-36,41H,22-23H2,1-3H3,(H2,40,45)/t35-,36+/m0/s1. The lowest BCUT2D eigenvalue weighted by Gasteiger charge is -2.35. The van der Waals surface area contributed by atoms with Gasteiger partial charge in [-0.3, -0.25) is 14.4 Å². The van der Waals surface area contributed by atoms with Crippen LogP contribution in [0, 0.1) is 13.8 Å². The monoisotopic (exact) mass is 703 g/mol. The van der Waals surface area contributed by atoms with Crippen LogP contribution in [0.15, 0.2) is 125 Å². The number of H-pyrrole nitrogens is 1. The minimum atomic E-state index is -4.70. The number of aryl methyl sites for hydroxylation is 2. The number of aromatic amines is 1. The Morgan fingerprint density at radius 3 is 2.16 bits per heavy atom. The van der Waals surface area contributed by atoms with E-state index < -0.39 is 39.8 Å². The molecular formula is C39H37N5O6S. The fraction of sp³-hybridized carbons (Fsp3) is 0.179. The van der Waals surface area contributed by atoms with Gasteiger partial charge in [0.15, 0.2) is 0 Å². The van der Waals surface area contributed by atoms with E-state index in [0.29, 0.717) is 26.7 Å². The molecule has 2 aromatic heterocycles. The summed E-state index contributed by atoms with van der Waals surface area (Å²) >= 11 is 0. The Kier molecular flexibility index (Phi) is 9.88. The van der Waals surface area contributed by atoms with Crippen molar-refractivity contribution in [1.29, 1.82) is 0 Å². The third-order valence-corrected chi connectivity index (χ3v) is 10.7. The number of fused-ring (bicyclic) bond motifs is 1. The molecule has 6 aromatic rings. The Balaban J connectivity index is 1.47. The fourth-order valence-electron chi connectivity index (χ4n) is 6.33. The predicted octanol–water partition coefficient (Wildman–Crippen LogP) is 5.44. The van der Waals surface area contributed by atoms with Gasteiger partial charge in [0, 0.05) is 54.2 Å². The van der Waals surface area contributed by atoms with Crippen LogP contribution in [0.2, 0.25) is 0 Å². The summed E-state index contributed by atoms with van der Waals surface area (Å²) in [5.74, 6) is -2.50. The number of rotatable bonds is 12. The van der Waals surface area contributed by atoms with E-state index in [1.807, 2.05) is 44.2 Å². The van der Waals surface area contributed by atoms with Gasteiger partial charge in [-0.05, 0) is 55.3 Å². The van der Waals surface area contributed by atoms with Crippen LogP contribution in [0.5, 0.6) is 0 Å². The molecule has 0 saturated carbocycles. The number of nitrogens with two attached hydrogens (primary N) is 1. The Bertz CT molecular complexity index is 2280. The quantitative estimate of drug-likeness (QED) is 0.172. The van der Waals surface area contributed by atoms with Gasteiger partial charge in [0.05, 0.1) is 4.90 Å². The molecule has 3 amide bonds. The molecule has 0 bridgehead atoms. The predicted molar refractivity (Wildman–Crippen MR) is 193 cm³/mol. The number of aromatic nitrogens is 2. The normalized spacial score (nSPS) is 12.7. The molecule has 0 spiro atoms. The number of primary amides is 1. The zero-order chi connectivity index (χ0) is 36.3. The van der Waals surface area contributed by atoms with Crippen LogP contribution in [0.1, 0.15) is 32.6 Å². The molecule has 2 heterocycles. The highest BCUT2D eigenvalue weighted by atomic mass is 32.2. The third-order valence-electron chi connectivity index (χ3n) is 8.88. The summed E-state index contributed by atoms with van der Waals surface area (Å²) in [5.41, 5.74) is 11.4. The third kappa shape index (κ3) is 7.31. The second-order valence-corrected chi connectivity index (χ2v) is 14.3. The minimum Gasteiger partial charge on any atom is -0.368 e. The Labute approximate surface area is 295 Å². The van der Waals surface area contributed by atoms with Crippen molar-refractivity contribution in [3.63, 3.8) is 0 Å². The Morgan fingerprint density at radius 2 is 1.51 bits per heavy atom. The van der Waals surface area contributed by atoms with Gasteiger partial charge in [-0.2, -0.15) is 0 Å². The molecule has 260 valence electrons. The second-order valence-electron chi connectivity index (χ2n) is 12.5. The number of hydrogen-bond acceptors (Lipinski definition) is 7. The highest BCUT2D eigenvalue weighted by molar-refractivity contribution is 7.89. The van der Waals surface area contributed by atoms with Crippen LogP contribution < -0.4 is 5.73 Å². The van der Waals surface area contributed by atoms with Crippen molar-refractivity contribution in [2.45, 2.75) is 43.7 Å². The summed E-state index contributed by atoms with van der Waals surface area (Å²) in [6.07, 6.45) is 2.84. The smallest absolute Gasteiger partial charge is 0.267 e. The number of carbonyl (C=O) groups is 3. The topological polar surface area (TPSA) is 160 Å². The molecule has 2 atom stereocenters. The molecule has 0 fully saturated rings. The lowest BCUT2D eigenvalue weighted by molar-refractivity contribution is -0.137. The largest absolute Gasteiger partial charge is 0.368 e. The van der Waals surface area contributed by atoms with Crippen molar-refractivity contribution in [2.75, 3.05) is 7.05 Å². The van der Waals surface area contributed by atoms with E-state index in [1.165, 1.54) is 42.5 Å². The molecule has 11 nitrogen and oxygen atoms in total. The van der Waals surface area contributed by atoms with Gasteiger partial charge in [0.1, 0.15) is 24.0 Å². The highest BCUT2D eigenvalue weighted by Gasteiger charge is 2.44. The molecule has 0 aliphatic heterocycles. The van der Waals surface area contributed by atoms with Gasteiger partial charge in [0.25, 0.3) is 21.8 Å². The van der Waals surface area contributed by atoms with Crippen LogP contribution in [-0.2, 0) is 32.5 Å². The molecule has 51 heavy (non-hydrogen) atoms. The number of hydrogen-bond donors (Lipinski definition) is 2. The number of nitrogens with one attached hydrogen (secondary N) is 1. The summed E-state index contributed by atoms with van der Waals surface area (Å²) in [7, 11) is -3.24. The molecule has 0 aliphatic carbocycles. The van der Waals surface area contributed by atoms with Crippen molar-refractivity contribution < 1.29 is 27.3 Å². The lowest BCUT2D eigenvalue weighted by Crippen LogP contribution is -2.58. The average molecular weight is 704 g/mol. The molecule has 6 rings (SSSR count). The van der Waals surface area contributed by atoms with Crippen molar-refractivity contribution >= 4 is 38.6 Å². The summed E-state index contributed by atoms with van der Waals surface area (Å²) in [6.45, 7) is 3.72. The van der Waals surface area contributed by atoms with Gasteiger partial charge >= 0.3 is 0 Å². The Morgan fingerprint density at radius 1 is 0.843 bits per heavy atom. The van der Waals surface area contributed by atoms with Gasteiger partial charge < -0.3 is 20.1 Å². The van der Waals surface area contributed by atoms with Gasteiger partial charge in [-0.25, -0.2) is 12.7 Å². The van der Waals surface area contributed by atoms with Crippen LogP contribution >= 0.6 is 0 Å². The van der Waals surface area contributed by atoms with Crippen molar-refractivity contribution in [1.82, 2.24) is 19.3 Å². The summed E-state index contributed by atoms with van der Waals surface area (Å²) < 4.78 is 34.7. The number of likely N-dealkylation sites (N-methyl/N-ethyl adjacent to an activating group) is 1. The Hall–Kier alpha value is -6.01. The van der Waals surface area contributed by atoms with E-state index in [4.69, 9.17) is 10.3 Å². The zero-order valence-corrected chi connectivity index (χ0v) is 29.1. The minimum absolute atomic E-state index is 0.0790. The van der Waals surface area contributed by atoms with Crippen molar-refractivity contribution in [3.05, 3.63) is 143 Å². The van der Waals surface area contributed by atoms with Gasteiger partial charge in [-0.1, -0.05) is 83.0 Å². The van der Waals surface area contributed by atoms with E-state index in [0.717, 1.165) is 27.6 Å². The first-order chi connectivity index (χ1) is 24.4. The second kappa shape index (κ2) is 14.5. The molecular weight excluding hydrogens is 667 g/mol. The van der Waals surface area contributed by atoms with Crippen LogP contribution in [-0.4, -0.2) is 64.6 Å². The maximum Gasteiger partial charge on any atom is 0.267 e. The van der Waals surface area contributed by atoms with E-state index in [-0.39, 0.29) is 17.7 Å². The number of para-hydroxylation sites is 1. The molecule has 0 saturated heterocycles. The lowest BCUT2D eigenvalue weighted by atomic mass is 9.99. The molecule has 4 aromatic carbocycles. The van der Waals surface area contributed by atoms with Crippen LogP contribution in [0.3, 0.4) is 0 Å². The highest BCUT2D eigenvalue weighted by Crippen LogP contribution is 2.28. The number of carbonyl (C=O) groups excluding carboxylic acids is 3. The van der Waals surface area contributed by atoms with E-state index >= 15 is 4.79 Å². The molecule has 0 unspecified atom stereocenters. The molecule has 0 radical (unpaired) electrons.